The fourth-order valence-corrected chi connectivity index (χ4v) is 3.28. The van der Waals surface area contributed by atoms with Gasteiger partial charge in [0.05, 0.1) is 5.01 Å². The number of nitrogens with one attached hydrogen (secondary N) is 2. The molecule has 4 nitrogen and oxygen atoms in total. The van der Waals surface area contributed by atoms with Crippen molar-refractivity contribution in [2.75, 3.05) is 20.1 Å². The number of aromatic nitrogens is 1. The van der Waals surface area contributed by atoms with E-state index in [4.69, 9.17) is 0 Å². The molecule has 2 rings (SSSR count). The second-order valence-corrected chi connectivity index (χ2v) is 7.53. The van der Waals surface area contributed by atoms with Crippen molar-refractivity contribution in [3.8, 4) is 0 Å². The summed E-state index contributed by atoms with van der Waals surface area (Å²) >= 11 is 0.979. The van der Waals surface area contributed by atoms with Gasteiger partial charge in [-0.15, -0.1) is 11.3 Å². The van der Waals surface area contributed by atoms with E-state index in [2.05, 4.69) is 20.6 Å². The number of benzene rings is 1. The van der Waals surface area contributed by atoms with Gasteiger partial charge >= 0.3 is 6.18 Å². The normalized spacial score (nSPS) is 12.9. The third-order valence-corrected chi connectivity index (χ3v) is 4.91. The van der Waals surface area contributed by atoms with Gasteiger partial charge in [-0.3, -0.25) is 4.99 Å². The molecule has 0 fully saturated rings. The van der Waals surface area contributed by atoms with Crippen LogP contribution in [0, 0.1) is 5.82 Å². The molecule has 0 aliphatic heterocycles. The van der Waals surface area contributed by atoms with Crippen molar-refractivity contribution in [1.29, 1.82) is 0 Å². The summed E-state index contributed by atoms with van der Waals surface area (Å²) in [6.07, 6.45) is -4.07. The maximum atomic E-state index is 14.0. The molecule has 0 saturated heterocycles. The number of halogens is 4. The number of hydrogen-bond acceptors (Lipinski definition) is 3. The van der Waals surface area contributed by atoms with E-state index in [1.165, 1.54) is 6.07 Å². The minimum absolute atomic E-state index is 0.267. The van der Waals surface area contributed by atoms with E-state index >= 15 is 0 Å². The topological polar surface area (TPSA) is 49.3 Å². The molecule has 0 saturated carbocycles. The molecule has 9 heteroatoms. The molecule has 0 aliphatic rings. The summed E-state index contributed by atoms with van der Waals surface area (Å²) in [5.41, 5.74) is -0.744. The number of rotatable bonds is 6. The molecule has 1 aromatic carbocycles. The Hall–Kier alpha value is -2.16. The van der Waals surface area contributed by atoms with Gasteiger partial charge in [0.25, 0.3) is 0 Å². The average Bonchev–Trinajstić information content (AvgIpc) is 3.07. The van der Waals surface area contributed by atoms with Crippen LogP contribution in [-0.2, 0) is 18.0 Å². The van der Waals surface area contributed by atoms with Gasteiger partial charge in [-0.1, -0.05) is 32.0 Å². The number of hydrogen-bond donors (Lipinski definition) is 2. The number of alkyl halides is 3. The van der Waals surface area contributed by atoms with E-state index in [0.717, 1.165) is 16.7 Å². The zero-order chi connectivity index (χ0) is 20.1. The van der Waals surface area contributed by atoms with Gasteiger partial charge in [-0.2, -0.15) is 13.2 Å². The van der Waals surface area contributed by atoms with Gasteiger partial charge in [0.1, 0.15) is 5.82 Å². The molecule has 0 aliphatic carbocycles. The Bertz CT molecular complexity index is 784. The third kappa shape index (κ3) is 5.92. The highest BCUT2D eigenvalue weighted by molar-refractivity contribution is 7.09. The van der Waals surface area contributed by atoms with Gasteiger partial charge in [0.2, 0.25) is 0 Å². The van der Waals surface area contributed by atoms with Crippen molar-refractivity contribution < 1.29 is 17.6 Å². The van der Waals surface area contributed by atoms with Crippen LogP contribution in [0.25, 0.3) is 0 Å². The molecule has 0 atom stereocenters. The number of nitrogens with zero attached hydrogens (tertiary/aromatic N) is 2. The second-order valence-electron chi connectivity index (χ2n) is 6.59. The Kier molecular flexibility index (Phi) is 6.80. The van der Waals surface area contributed by atoms with Crippen molar-refractivity contribution in [2.24, 2.45) is 4.99 Å². The Balaban J connectivity index is 1.86. The third-order valence-electron chi connectivity index (χ3n) is 4.00. The molecule has 0 unspecified atom stereocenters. The predicted molar refractivity (Wildman–Crippen MR) is 99.6 cm³/mol. The second kappa shape index (κ2) is 8.69. The highest BCUT2D eigenvalue weighted by atomic mass is 32.1. The van der Waals surface area contributed by atoms with Gasteiger partial charge in [-0.05, 0) is 11.6 Å². The average molecular weight is 402 g/mol. The largest absolute Gasteiger partial charge is 0.434 e. The molecule has 1 aromatic heterocycles. The highest BCUT2D eigenvalue weighted by Crippen LogP contribution is 2.30. The Morgan fingerprint density at radius 2 is 1.89 bits per heavy atom. The molecule has 0 spiro atoms. The van der Waals surface area contributed by atoms with Crippen LogP contribution in [0.15, 0.2) is 34.6 Å². The first-order chi connectivity index (χ1) is 12.6. The lowest BCUT2D eigenvalue weighted by molar-refractivity contribution is -0.140. The number of guanidine groups is 1. The summed E-state index contributed by atoms with van der Waals surface area (Å²) in [7, 11) is 1.59. The lowest BCUT2D eigenvalue weighted by Gasteiger charge is -2.27. The van der Waals surface area contributed by atoms with Crippen molar-refractivity contribution in [3.63, 3.8) is 0 Å². The van der Waals surface area contributed by atoms with Crippen LogP contribution in [0.3, 0.4) is 0 Å². The molecule has 2 aromatic rings. The standard InChI is InChI=1S/C18H22F4N4S/c1-17(2,12-6-4-5-7-13(12)19)11-25-16(23-3)24-9-8-15-26-14(10-27-15)18(20,21)22/h4-7,10H,8-9,11H2,1-3H3,(H2,23,24,25). The molecule has 0 amide bonds. The zero-order valence-electron chi connectivity index (χ0n) is 15.3. The van der Waals surface area contributed by atoms with Gasteiger partial charge in [0.15, 0.2) is 11.7 Å². The van der Waals surface area contributed by atoms with Crippen LogP contribution in [0.5, 0.6) is 0 Å². The van der Waals surface area contributed by atoms with E-state index in [1.807, 2.05) is 13.8 Å². The van der Waals surface area contributed by atoms with Crippen LogP contribution in [0.1, 0.15) is 30.1 Å². The Labute approximate surface area is 159 Å². The van der Waals surface area contributed by atoms with Gasteiger partial charge in [0, 0.05) is 37.4 Å². The zero-order valence-corrected chi connectivity index (χ0v) is 16.1. The fourth-order valence-electron chi connectivity index (χ4n) is 2.47. The summed E-state index contributed by atoms with van der Waals surface area (Å²) in [5, 5.41) is 7.57. The van der Waals surface area contributed by atoms with E-state index in [9.17, 15) is 17.6 Å². The minimum Gasteiger partial charge on any atom is -0.356 e. The summed E-state index contributed by atoms with van der Waals surface area (Å²) in [6, 6.07) is 6.60. The summed E-state index contributed by atoms with van der Waals surface area (Å²) in [5.74, 6) is 0.225. The van der Waals surface area contributed by atoms with Gasteiger partial charge in [-0.25, -0.2) is 9.37 Å². The van der Waals surface area contributed by atoms with Crippen molar-refractivity contribution >= 4 is 17.3 Å². The maximum Gasteiger partial charge on any atom is 0.434 e. The molecule has 27 heavy (non-hydrogen) atoms. The molecule has 1 heterocycles. The van der Waals surface area contributed by atoms with E-state index in [0.29, 0.717) is 36.0 Å². The highest BCUT2D eigenvalue weighted by Gasteiger charge is 2.33. The molecule has 0 radical (unpaired) electrons. The van der Waals surface area contributed by atoms with E-state index in [-0.39, 0.29) is 5.82 Å². The van der Waals surface area contributed by atoms with Gasteiger partial charge < -0.3 is 10.6 Å². The minimum atomic E-state index is -4.42. The molecular formula is C18H22F4N4S. The molecule has 148 valence electrons. The van der Waals surface area contributed by atoms with Crippen LogP contribution < -0.4 is 10.6 Å². The first-order valence-electron chi connectivity index (χ1n) is 8.34. The summed E-state index contributed by atoms with van der Waals surface area (Å²) < 4.78 is 51.7. The van der Waals surface area contributed by atoms with E-state index < -0.39 is 17.3 Å². The van der Waals surface area contributed by atoms with Crippen molar-refractivity contribution in [3.05, 3.63) is 51.7 Å². The van der Waals surface area contributed by atoms with Crippen LogP contribution in [-0.4, -0.2) is 31.1 Å². The lowest BCUT2D eigenvalue weighted by atomic mass is 9.84. The van der Waals surface area contributed by atoms with Crippen LogP contribution in [0.4, 0.5) is 17.6 Å². The molecule has 0 bridgehead atoms. The number of aliphatic imine (C=N–C) groups is 1. The van der Waals surface area contributed by atoms with Crippen molar-refractivity contribution in [2.45, 2.75) is 31.9 Å². The first-order valence-corrected chi connectivity index (χ1v) is 9.22. The quantitative estimate of drug-likeness (QED) is 0.437. The Morgan fingerprint density at radius 1 is 1.19 bits per heavy atom. The van der Waals surface area contributed by atoms with Crippen LogP contribution in [0.2, 0.25) is 0 Å². The Morgan fingerprint density at radius 3 is 2.48 bits per heavy atom. The number of thiazole rings is 1. The smallest absolute Gasteiger partial charge is 0.356 e. The summed E-state index contributed by atoms with van der Waals surface area (Å²) in [4.78, 5) is 7.68. The predicted octanol–water partition coefficient (Wildman–Crippen LogP) is 3.99. The fraction of sp³-hybridized carbons (Fsp3) is 0.444. The maximum absolute atomic E-state index is 14.0. The molecular weight excluding hydrogens is 380 g/mol. The SMILES string of the molecule is CN=C(NCCc1nc(C(F)(F)F)cs1)NCC(C)(C)c1ccccc1F. The van der Waals surface area contributed by atoms with Crippen molar-refractivity contribution in [1.82, 2.24) is 15.6 Å². The van der Waals surface area contributed by atoms with Crippen LogP contribution >= 0.6 is 11.3 Å². The molecule has 2 N–H and O–H groups in total. The first kappa shape index (κ1) is 21.1. The monoisotopic (exact) mass is 402 g/mol. The summed E-state index contributed by atoms with van der Waals surface area (Å²) in [6.45, 7) is 4.65. The van der Waals surface area contributed by atoms with E-state index in [1.54, 1.807) is 25.2 Å². The lowest BCUT2D eigenvalue weighted by Crippen LogP contribution is -2.44.